The standard InChI is InChI=1S/C18H19IN2O4/c1-12(2)25-11-14-5-3-13(4-6-14)10-20-18(22)16-9-15(21(23)24)7-8-17(16)19/h3-9,12H,10-11H2,1-2H3,(H,20,22). The molecule has 0 aliphatic heterocycles. The van der Waals surface area contributed by atoms with Gasteiger partial charge in [-0.3, -0.25) is 14.9 Å². The fourth-order valence-electron chi connectivity index (χ4n) is 2.09. The first-order valence-corrected chi connectivity index (χ1v) is 8.86. The summed E-state index contributed by atoms with van der Waals surface area (Å²) in [5.41, 5.74) is 2.22. The van der Waals surface area contributed by atoms with Gasteiger partial charge in [0.05, 0.1) is 23.2 Å². The quantitative estimate of drug-likeness (QED) is 0.389. The zero-order valence-corrected chi connectivity index (χ0v) is 16.1. The second-order valence-corrected chi connectivity index (χ2v) is 6.94. The van der Waals surface area contributed by atoms with Crippen LogP contribution in [0.5, 0.6) is 0 Å². The van der Waals surface area contributed by atoms with Crippen molar-refractivity contribution >= 4 is 34.2 Å². The summed E-state index contributed by atoms with van der Waals surface area (Å²) in [7, 11) is 0. The van der Waals surface area contributed by atoms with E-state index in [1.807, 2.05) is 60.7 Å². The summed E-state index contributed by atoms with van der Waals surface area (Å²) < 4.78 is 6.21. The molecule has 25 heavy (non-hydrogen) atoms. The van der Waals surface area contributed by atoms with Crippen molar-refractivity contribution in [2.75, 3.05) is 0 Å². The minimum absolute atomic E-state index is 0.0972. The Bertz CT molecular complexity index is 760. The van der Waals surface area contributed by atoms with Gasteiger partial charge < -0.3 is 10.1 Å². The molecule has 2 aromatic rings. The number of ether oxygens (including phenoxy) is 1. The van der Waals surface area contributed by atoms with Crippen molar-refractivity contribution in [1.29, 1.82) is 0 Å². The molecular weight excluding hydrogens is 435 g/mol. The Morgan fingerprint density at radius 3 is 2.44 bits per heavy atom. The number of nitro groups is 1. The molecular formula is C18H19IN2O4. The predicted octanol–water partition coefficient (Wildman–Crippen LogP) is 4.05. The Labute approximate surface area is 159 Å². The van der Waals surface area contributed by atoms with Gasteiger partial charge in [-0.2, -0.15) is 0 Å². The van der Waals surface area contributed by atoms with E-state index in [9.17, 15) is 14.9 Å². The normalized spacial score (nSPS) is 10.7. The Morgan fingerprint density at radius 1 is 1.20 bits per heavy atom. The van der Waals surface area contributed by atoms with E-state index in [1.165, 1.54) is 12.1 Å². The molecule has 0 aliphatic carbocycles. The van der Waals surface area contributed by atoms with Crippen molar-refractivity contribution < 1.29 is 14.5 Å². The smallest absolute Gasteiger partial charge is 0.270 e. The number of benzene rings is 2. The van der Waals surface area contributed by atoms with Gasteiger partial charge in [-0.05, 0) is 53.6 Å². The molecule has 6 nitrogen and oxygen atoms in total. The van der Waals surface area contributed by atoms with Crippen LogP contribution in [0.2, 0.25) is 0 Å². The maximum Gasteiger partial charge on any atom is 0.270 e. The summed E-state index contributed by atoms with van der Waals surface area (Å²) in [6.45, 7) is 4.87. The van der Waals surface area contributed by atoms with Gasteiger partial charge in [-0.1, -0.05) is 24.3 Å². The number of halogens is 1. The molecule has 132 valence electrons. The third-order valence-corrected chi connectivity index (χ3v) is 4.41. The van der Waals surface area contributed by atoms with Gasteiger partial charge in [0.1, 0.15) is 0 Å². The van der Waals surface area contributed by atoms with Gasteiger partial charge in [0.15, 0.2) is 0 Å². The molecule has 2 rings (SSSR count). The van der Waals surface area contributed by atoms with Crippen molar-refractivity contribution in [2.24, 2.45) is 0 Å². The van der Waals surface area contributed by atoms with E-state index < -0.39 is 4.92 Å². The third-order valence-electron chi connectivity index (χ3n) is 3.46. The monoisotopic (exact) mass is 454 g/mol. The summed E-state index contributed by atoms with van der Waals surface area (Å²) in [5.74, 6) is -0.333. The van der Waals surface area contributed by atoms with Crippen LogP contribution in [-0.2, 0) is 17.9 Å². The first kappa shape index (κ1) is 19.3. The molecule has 0 spiro atoms. The molecule has 0 atom stereocenters. The molecule has 0 heterocycles. The van der Waals surface area contributed by atoms with Crippen LogP contribution in [0.3, 0.4) is 0 Å². The highest BCUT2D eigenvalue weighted by Gasteiger charge is 2.15. The van der Waals surface area contributed by atoms with Crippen molar-refractivity contribution in [3.8, 4) is 0 Å². The number of rotatable bonds is 7. The molecule has 7 heteroatoms. The Balaban J connectivity index is 1.98. The number of hydrogen-bond acceptors (Lipinski definition) is 4. The minimum atomic E-state index is -0.509. The number of hydrogen-bond donors (Lipinski definition) is 1. The number of non-ortho nitro benzene ring substituents is 1. The first-order valence-electron chi connectivity index (χ1n) is 7.78. The van der Waals surface area contributed by atoms with E-state index in [1.54, 1.807) is 6.07 Å². The molecule has 0 aromatic heterocycles. The minimum Gasteiger partial charge on any atom is -0.374 e. The average molecular weight is 454 g/mol. The lowest BCUT2D eigenvalue weighted by Gasteiger charge is -2.09. The molecule has 0 saturated carbocycles. The maximum atomic E-state index is 12.3. The number of carbonyl (C=O) groups excluding carboxylic acids is 1. The van der Waals surface area contributed by atoms with E-state index in [4.69, 9.17) is 4.74 Å². The zero-order chi connectivity index (χ0) is 18.4. The van der Waals surface area contributed by atoms with Gasteiger partial charge in [0, 0.05) is 22.2 Å². The van der Waals surface area contributed by atoms with Crippen LogP contribution < -0.4 is 5.32 Å². The van der Waals surface area contributed by atoms with Gasteiger partial charge in [0.2, 0.25) is 0 Å². The van der Waals surface area contributed by atoms with Crippen LogP contribution >= 0.6 is 22.6 Å². The van der Waals surface area contributed by atoms with E-state index >= 15 is 0 Å². The molecule has 0 bridgehead atoms. The van der Waals surface area contributed by atoms with Crippen LogP contribution in [0, 0.1) is 13.7 Å². The molecule has 0 saturated heterocycles. The maximum absolute atomic E-state index is 12.3. The molecule has 2 aromatic carbocycles. The lowest BCUT2D eigenvalue weighted by atomic mass is 10.1. The molecule has 0 fully saturated rings. The SMILES string of the molecule is CC(C)OCc1ccc(CNC(=O)c2cc([N+](=O)[O-])ccc2I)cc1. The fraction of sp³-hybridized carbons (Fsp3) is 0.278. The summed E-state index contributed by atoms with van der Waals surface area (Å²) >= 11 is 1.99. The number of nitrogens with zero attached hydrogens (tertiary/aromatic N) is 1. The van der Waals surface area contributed by atoms with Crippen molar-refractivity contribution in [3.05, 3.63) is 72.8 Å². The number of nitrogens with one attached hydrogen (secondary N) is 1. The van der Waals surface area contributed by atoms with Gasteiger partial charge in [-0.25, -0.2) is 0 Å². The van der Waals surface area contributed by atoms with Crippen LogP contribution in [0.4, 0.5) is 5.69 Å². The highest BCUT2D eigenvalue weighted by molar-refractivity contribution is 14.1. The van der Waals surface area contributed by atoms with E-state index in [-0.39, 0.29) is 17.7 Å². The highest BCUT2D eigenvalue weighted by atomic mass is 127. The molecule has 0 radical (unpaired) electrons. The van der Waals surface area contributed by atoms with E-state index in [2.05, 4.69) is 5.32 Å². The van der Waals surface area contributed by atoms with Crippen LogP contribution in [-0.4, -0.2) is 16.9 Å². The van der Waals surface area contributed by atoms with Crippen LogP contribution in [0.1, 0.15) is 35.3 Å². The summed E-state index contributed by atoms with van der Waals surface area (Å²) in [4.78, 5) is 22.6. The number of nitro benzene ring substituents is 1. The first-order chi connectivity index (χ1) is 11.9. The highest BCUT2D eigenvalue weighted by Crippen LogP contribution is 2.19. The Kier molecular flexibility index (Phi) is 6.89. The topological polar surface area (TPSA) is 81.5 Å². The third kappa shape index (κ3) is 5.79. The second kappa shape index (κ2) is 8.91. The van der Waals surface area contributed by atoms with Crippen molar-refractivity contribution in [3.63, 3.8) is 0 Å². The van der Waals surface area contributed by atoms with Gasteiger partial charge in [0.25, 0.3) is 11.6 Å². The molecule has 0 aliphatic rings. The summed E-state index contributed by atoms with van der Waals surface area (Å²) in [5, 5.41) is 13.6. The fourth-order valence-corrected chi connectivity index (χ4v) is 2.68. The predicted molar refractivity (Wildman–Crippen MR) is 103 cm³/mol. The number of carbonyl (C=O) groups is 1. The average Bonchev–Trinajstić information content (AvgIpc) is 2.58. The molecule has 1 amide bonds. The second-order valence-electron chi connectivity index (χ2n) is 5.78. The largest absolute Gasteiger partial charge is 0.374 e. The van der Waals surface area contributed by atoms with Gasteiger partial charge in [-0.15, -0.1) is 0 Å². The lowest BCUT2D eigenvalue weighted by Crippen LogP contribution is -2.23. The van der Waals surface area contributed by atoms with Crippen molar-refractivity contribution in [2.45, 2.75) is 33.1 Å². The van der Waals surface area contributed by atoms with E-state index in [0.717, 1.165) is 11.1 Å². The Morgan fingerprint density at radius 2 is 1.84 bits per heavy atom. The van der Waals surface area contributed by atoms with Crippen molar-refractivity contribution in [1.82, 2.24) is 5.32 Å². The van der Waals surface area contributed by atoms with Crippen LogP contribution in [0.15, 0.2) is 42.5 Å². The molecule has 0 unspecified atom stereocenters. The number of amides is 1. The summed E-state index contributed by atoms with van der Waals surface area (Å²) in [6.07, 6.45) is 0.177. The lowest BCUT2D eigenvalue weighted by molar-refractivity contribution is -0.384. The summed E-state index contributed by atoms with van der Waals surface area (Å²) in [6, 6.07) is 12.0. The van der Waals surface area contributed by atoms with Crippen LogP contribution in [0.25, 0.3) is 0 Å². The zero-order valence-electron chi connectivity index (χ0n) is 14.0. The van der Waals surface area contributed by atoms with Gasteiger partial charge >= 0.3 is 0 Å². The Hall–Kier alpha value is -2.00. The van der Waals surface area contributed by atoms with E-state index in [0.29, 0.717) is 22.3 Å². The molecule has 1 N–H and O–H groups in total.